The van der Waals surface area contributed by atoms with Crippen LogP contribution in [0.2, 0.25) is 0 Å². The van der Waals surface area contributed by atoms with Crippen LogP contribution in [0.5, 0.6) is 0 Å². The van der Waals surface area contributed by atoms with Crippen LogP contribution in [0.1, 0.15) is 19.0 Å². The fraction of sp³-hybridized carbons (Fsp3) is 0.286. The quantitative estimate of drug-likeness (QED) is 0.596. The van der Waals surface area contributed by atoms with Gasteiger partial charge in [0.05, 0.1) is 0 Å². The van der Waals surface area contributed by atoms with Crippen LogP contribution in [0, 0.1) is 6.42 Å². The van der Waals surface area contributed by atoms with Gasteiger partial charge in [0.1, 0.15) is 0 Å². The molecule has 1 aromatic rings. The highest BCUT2D eigenvalue weighted by Gasteiger charge is 1.86. The molecule has 0 fully saturated rings. The molecule has 1 nitrogen and oxygen atoms in total. The number of H-pyrrole nitrogens is 1. The second-order valence-corrected chi connectivity index (χ2v) is 1.74. The van der Waals surface area contributed by atoms with Gasteiger partial charge in [0, 0.05) is 18.3 Å². The van der Waals surface area contributed by atoms with Crippen LogP contribution in [-0.2, 0) is 0 Å². The van der Waals surface area contributed by atoms with Crippen LogP contribution < -0.4 is 0 Å². The number of nitrogens with one attached hydrogen (secondary N) is 1. The second kappa shape index (κ2) is 2.55. The summed E-state index contributed by atoms with van der Waals surface area (Å²) in [5.74, 6) is 0. The monoisotopic (exact) mass is 108 g/mol. The Morgan fingerprint density at radius 1 is 1.75 bits per heavy atom. The summed E-state index contributed by atoms with van der Waals surface area (Å²) in [5.41, 5.74) is 1.22. The summed E-state index contributed by atoms with van der Waals surface area (Å²) in [7, 11) is 0. The number of hydrogen-bond acceptors (Lipinski definition) is 0. The van der Waals surface area contributed by atoms with Crippen molar-refractivity contribution in [2.24, 2.45) is 0 Å². The van der Waals surface area contributed by atoms with Crippen molar-refractivity contribution in [1.29, 1.82) is 0 Å². The Kier molecular flexibility index (Phi) is 1.73. The zero-order valence-corrected chi connectivity index (χ0v) is 5.02. The molecular weight excluding hydrogens is 98.1 g/mol. The maximum atomic E-state index is 3.08. The molecule has 0 atom stereocenters. The van der Waals surface area contributed by atoms with Crippen molar-refractivity contribution in [2.75, 3.05) is 0 Å². The summed E-state index contributed by atoms with van der Waals surface area (Å²) in [6.45, 7) is 2.13. The van der Waals surface area contributed by atoms with E-state index in [0.717, 1.165) is 6.42 Å². The highest BCUT2D eigenvalue weighted by atomic mass is 14.7. The molecule has 43 valence electrons. The van der Waals surface area contributed by atoms with Crippen LogP contribution in [0.3, 0.4) is 0 Å². The molecule has 0 bridgehead atoms. The third kappa shape index (κ3) is 1.12. The standard InChI is InChI=1S/C7H10N/c1-2-4-7-5-3-6-8-7/h3-6,8H,2H2,1H3. The van der Waals surface area contributed by atoms with Crippen molar-refractivity contribution >= 4 is 0 Å². The van der Waals surface area contributed by atoms with Crippen molar-refractivity contribution in [3.63, 3.8) is 0 Å². The zero-order valence-electron chi connectivity index (χ0n) is 5.02. The van der Waals surface area contributed by atoms with Gasteiger partial charge in [0.2, 0.25) is 0 Å². The van der Waals surface area contributed by atoms with Gasteiger partial charge in [0.15, 0.2) is 0 Å². The largest absolute Gasteiger partial charge is 0.365 e. The molecule has 0 saturated heterocycles. The van der Waals surface area contributed by atoms with Crippen molar-refractivity contribution in [3.8, 4) is 0 Å². The summed E-state index contributed by atoms with van der Waals surface area (Å²) in [5, 5.41) is 0. The molecule has 1 radical (unpaired) electrons. The lowest BCUT2D eigenvalue weighted by Crippen LogP contribution is -1.75. The van der Waals surface area contributed by atoms with Crippen LogP contribution in [0.4, 0.5) is 0 Å². The maximum absolute atomic E-state index is 3.08. The van der Waals surface area contributed by atoms with E-state index in [9.17, 15) is 0 Å². The van der Waals surface area contributed by atoms with Crippen molar-refractivity contribution in [1.82, 2.24) is 4.98 Å². The van der Waals surface area contributed by atoms with E-state index in [1.54, 1.807) is 0 Å². The van der Waals surface area contributed by atoms with E-state index in [1.807, 2.05) is 12.3 Å². The molecule has 1 aromatic heterocycles. The van der Waals surface area contributed by atoms with E-state index >= 15 is 0 Å². The lowest BCUT2D eigenvalue weighted by molar-refractivity contribution is 1.09. The maximum Gasteiger partial charge on any atom is 0.0185 e. The van der Waals surface area contributed by atoms with Crippen LogP contribution in [0.25, 0.3) is 0 Å². The van der Waals surface area contributed by atoms with Crippen LogP contribution in [0.15, 0.2) is 18.3 Å². The third-order valence-electron chi connectivity index (χ3n) is 1.05. The topological polar surface area (TPSA) is 15.8 Å². The summed E-state index contributed by atoms with van der Waals surface area (Å²) in [6.07, 6.45) is 5.18. The SMILES string of the molecule is CC[CH]c1ccc[nH]1. The van der Waals surface area contributed by atoms with E-state index in [1.165, 1.54) is 5.69 Å². The van der Waals surface area contributed by atoms with E-state index < -0.39 is 0 Å². The first-order valence-electron chi connectivity index (χ1n) is 2.90. The van der Waals surface area contributed by atoms with Gasteiger partial charge in [-0.1, -0.05) is 6.92 Å². The molecule has 0 amide bonds. The Balaban J connectivity index is 2.50. The van der Waals surface area contributed by atoms with Crippen molar-refractivity contribution in [3.05, 3.63) is 30.4 Å². The smallest absolute Gasteiger partial charge is 0.0185 e. The molecular formula is C7H10N. The van der Waals surface area contributed by atoms with Gasteiger partial charge in [-0.15, -0.1) is 0 Å². The number of rotatable bonds is 2. The number of aromatic nitrogens is 1. The van der Waals surface area contributed by atoms with Crippen molar-refractivity contribution < 1.29 is 0 Å². The van der Waals surface area contributed by atoms with Gasteiger partial charge >= 0.3 is 0 Å². The van der Waals surface area contributed by atoms with E-state index in [4.69, 9.17) is 0 Å². The Morgan fingerprint density at radius 2 is 2.62 bits per heavy atom. The van der Waals surface area contributed by atoms with Gasteiger partial charge in [0.25, 0.3) is 0 Å². The molecule has 1 heterocycles. The highest BCUT2D eigenvalue weighted by Crippen LogP contribution is 1.99. The molecule has 0 saturated carbocycles. The first-order chi connectivity index (χ1) is 3.93. The lowest BCUT2D eigenvalue weighted by Gasteiger charge is -1.87. The minimum Gasteiger partial charge on any atom is -0.365 e. The van der Waals surface area contributed by atoms with E-state index in [-0.39, 0.29) is 0 Å². The predicted molar refractivity (Wildman–Crippen MR) is 34.5 cm³/mol. The molecule has 1 rings (SSSR count). The van der Waals surface area contributed by atoms with Gasteiger partial charge < -0.3 is 4.98 Å². The summed E-state index contributed by atoms with van der Waals surface area (Å²) >= 11 is 0. The average molecular weight is 108 g/mol. The Morgan fingerprint density at radius 3 is 3.12 bits per heavy atom. The summed E-state index contributed by atoms with van der Waals surface area (Å²) < 4.78 is 0. The lowest BCUT2D eigenvalue weighted by atomic mass is 10.3. The molecule has 8 heavy (non-hydrogen) atoms. The van der Waals surface area contributed by atoms with Gasteiger partial charge in [-0.05, 0) is 18.6 Å². The fourth-order valence-electron chi connectivity index (χ4n) is 0.691. The normalized spacial score (nSPS) is 9.62. The molecule has 0 aromatic carbocycles. The minimum atomic E-state index is 1.10. The molecule has 0 unspecified atom stereocenters. The molecule has 0 spiro atoms. The van der Waals surface area contributed by atoms with Crippen molar-refractivity contribution in [2.45, 2.75) is 13.3 Å². The predicted octanol–water partition coefficient (Wildman–Crippen LogP) is 1.98. The third-order valence-corrected chi connectivity index (χ3v) is 1.05. The minimum absolute atomic E-state index is 1.10. The van der Waals surface area contributed by atoms with Crippen LogP contribution in [-0.4, -0.2) is 4.98 Å². The highest BCUT2D eigenvalue weighted by molar-refractivity contribution is 5.12. The van der Waals surface area contributed by atoms with Gasteiger partial charge in [-0.2, -0.15) is 0 Å². The molecule has 0 aliphatic heterocycles. The van der Waals surface area contributed by atoms with Crippen LogP contribution >= 0.6 is 0 Å². The van der Waals surface area contributed by atoms with E-state index in [2.05, 4.69) is 24.4 Å². The van der Waals surface area contributed by atoms with Gasteiger partial charge in [-0.3, -0.25) is 0 Å². The number of hydrogen-bond donors (Lipinski definition) is 1. The molecule has 0 aliphatic carbocycles. The fourth-order valence-corrected chi connectivity index (χ4v) is 0.691. The summed E-state index contributed by atoms with van der Waals surface area (Å²) in [6, 6.07) is 4.06. The first kappa shape index (κ1) is 5.42. The Hall–Kier alpha value is -0.720. The second-order valence-electron chi connectivity index (χ2n) is 1.74. The summed E-state index contributed by atoms with van der Waals surface area (Å²) in [4.78, 5) is 3.08. The zero-order chi connectivity index (χ0) is 5.82. The Bertz CT molecular complexity index is 130. The van der Waals surface area contributed by atoms with Gasteiger partial charge in [-0.25, -0.2) is 0 Å². The Labute approximate surface area is 49.7 Å². The van der Waals surface area contributed by atoms with E-state index in [0.29, 0.717) is 0 Å². The molecule has 0 aliphatic rings. The molecule has 1 heteroatoms. The average Bonchev–Trinajstić information content (AvgIpc) is 2.19. The number of aromatic amines is 1. The molecule has 1 N–H and O–H groups in total. The first-order valence-corrected chi connectivity index (χ1v) is 2.90.